The molecule has 0 fully saturated rings. The SMILES string of the molecule is CCCc1ccc(C(=O)c2cccc(F)c2F)cc1. The zero-order valence-electron chi connectivity index (χ0n) is 10.6. The molecule has 0 aliphatic heterocycles. The van der Waals surface area contributed by atoms with Crippen LogP contribution in [0.1, 0.15) is 34.8 Å². The summed E-state index contributed by atoms with van der Waals surface area (Å²) in [5.41, 5.74) is 1.26. The van der Waals surface area contributed by atoms with Crippen molar-refractivity contribution in [2.75, 3.05) is 0 Å². The Balaban J connectivity index is 2.31. The van der Waals surface area contributed by atoms with Gasteiger partial charge in [-0.05, 0) is 24.1 Å². The summed E-state index contributed by atoms with van der Waals surface area (Å²) in [5, 5.41) is 0. The number of hydrogen-bond donors (Lipinski definition) is 0. The first kappa shape index (κ1) is 13.4. The molecule has 0 amide bonds. The third kappa shape index (κ3) is 2.87. The van der Waals surface area contributed by atoms with Crippen molar-refractivity contribution in [3.05, 3.63) is 70.8 Å². The summed E-state index contributed by atoms with van der Waals surface area (Å²) in [4.78, 5) is 12.1. The Morgan fingerprint density at radius 1 is 1.05 bits per heavy atom. The highest BCUT2D eigenvalue weighted by atomic mass is 19.2. The quantitative estimate of drug-likeness (QED) is 0.755. The molecule has 98 valence electrons. The maximum atomic E-state index is 13.5. The number of aryl methyl sites for hydroxylation is 1. The molecule has 0 saturated carbocycles. The van der Waals surface area contributed by atoms with Gasteiger partial charge in [-0.1, -0.05) is 43.7 Å². The molecule has 0 unspecified atom stereocenters. The normalized spacial score (nSPS) is 10.5. The highest BCUT2D eigenvalue weighted by Crippen LogP contribution is 2.17. The molecular formula is C16H14F2O. The van der Waals surface area contributed by atoms with Crippen molar-refractivity contribution >= 4 is 5.78 Å². The van der Waals surface area contributed by atoms with E-state index >= 15 is 0 Å². The summed E-state index contributed by atoms with van der Waals surface area (Å²) in [6.07, 6.45) is 1.95. The molecule has 0 heterocycles. The average molecular weight is 260 g/mol. The molecule has 19 heavy (non-hydrogen) atoms. The first-order valence-electron chi connectivity index (χ1n) is 6.21. The molecule has 0 radical (unpaired) electrons. The van der Waals surface area contributed by atoms with Crippen LogP contribution in [0.15, 0.2) is 42.5 Å². The van der Waals surface area contributed by atoms with Gasteiger partial charge in [0.15, 0.2) is 17.4 Å². The number of rotatable bonds is 4. The average Bonchev–Trinajstić information content (AvgIpc) is 2.42. The van der Waals surface area contributed by atoms with Crippen molar-refractivity contribution in [1.82, 2.24) is 0 Å². The molecule has 0 bridgehead atoms. The van der Waals surface area contributed by atoms with Gasteiger partial charge in [0.2, 0.25) is 0 Å². The number of halogens is 2. The van der Waals surface area contributed by atoms with Crippen LogP contribution in [0.2, 0.25) is 0 Å². The Bertz CT molecular complexity index is 588. The van der Waals surface area contributed by atoms with Gasteiger partial charge in [-0.2, -0.15) is 0 Å². The van der Waals surface area contributed by atoms with Crippen molar-refractivity contribution in [2.24, 2.45) is 0 Å². The number of hydrogen-bond acceptors (Lipinski definition) is 1. The van der Waals surface area contributed by atoms with E-state index in [9.17, 15) is 13.6 Å². The Labute approximate surface area is 110 Å². The summed E-state index contributed by atoms with van der Waals surface area (Å²) >= 11 is 0. The summed E-state index contributed by atoms with van der Waals surface area (Å²) in [6.45, 7) is 2.07. The summed E-state index contributed by atoms with van der Waals surface area (Å²) in [7, 11) is 0. The van der Waals surface area contributed by atoms with Crippen LogP contribution in [-0.2, 0) is 6.42 Å². The number of carbonyl (C=O) groups is 1. The van der Waals surface area contributed by atoms with Crippen LogP contribution in [-0.4, -0.2) is 5.78 Å². The van der Waals surface area contributed by atoms with E-state index in [0.29, 0.717) is 5.56 Å². The van der Waals surface area contributed by atoms with Crippen molar-refractivity contribution in [3.63, 3.8) is 0 Å². The predicted molar refractivity (Wildman–Crippen MR) is 70.2 cm³/mol. The predicted octanol–water partition coefficient (Wildman–Crippen LogP) is 4.15. The third-order valence-electron chi connectivity index (χ3n) is 2.95. The fraction of sp³-hybridized carbons (Fsp3) is 0.188. The van der Waals surface area contributed by atoms with Crippen molar-refractivity contribution in [3.8, 4) is 0 Å². The molecule has 0 aliphatic rings. The molecule has 0 N–H and O–H groups in total. The van der Waals surface area contributed by atoms with Gasteiger partial charge in [-0.15, -0.1) is 0 Å². The highest BCUT2D eigenvalue weighted by Gasteiger charge is 2.16. The van der Waals surface area contributed by atoms with Crippen LogP contribution in [0, 0.1) is 11.6 Å². The van der Waals surface area contributed by atoms with E-state index in [4.69, 9.17) is 0 Å². The second kappa shape index (κ2) is 5.74. The van der Waals surface area contributed by atoms with Gasteiger partial charge in [0.05, 0.1) is 5.56 Å². The van der Waals surface area contributed by atoms with E-state index in [1.54, 1.807) is 12.1 Å². The number of ketones is 1. The van der Waals surface area contributed by atoms with E-state index in [0.717, 1.165) is 24.5 Å². The summed E-state index contributed by atoms with van der Waals surface area (Å²) < 4.78 is 26.6. The molecule has 2 aromatic rings. The first-order chi connectivity index (χ1) is 9.13. The number of benzene rings is 2. The highest BCUT2D eigenvalue weighted by molar-refractivity contribution is 6.09. The van der Waals surface area contributed by atoms with Gasteiger partial charge in [-0.3, -0.25) is 4.79 Å². The molecule has 0 atom stereocenters. The van der Waals surface area contributed by atoms with E-state index in [1.807, 2.05) is 12.1 Å². The molecule has 0 aromatic heterocycles. The Kier molecular flexibility index (Phi) is 4.05. The van der Waals surface area contributed by atoms with Crippen molar-refractivity contribution in [1.29, 1.82) is 0 Å². The van der Waals surface area contributed by atoms with Crippen LogP contribution in [0.4, 0.5) is 8.78 Å². The van der Waals surface area contributed by atoms with Crippen LogP contribution in [0.5, 0.6) is 0 Å². The molecular weight excluding hydrogens is 246 g/mol. The maximum Gasteiger partial charge on any atom is 0.196 e. The van der Waals surface area contributed by atoms with Crippen LogP contribution < -0.4 is 0 Å². The Hall–Kier alpha value is -2.03. The van der Waals surface area contributed by atoms with Crippen LogP contribution in [0.3, 0.4) is 0 Å². The van der Waals surface area contributed by atoms with Gasteiger partial charge in [-0.25, -0.2) is 8.78 Å². The molecule has 2 aromatic carbocycles. The molecule has 0 aliphatic carbocycles. The van der Waals surface area contributed by atoms with Gasteiger partial charge in [0.1, 0.15) is 0 Å². The van der Waals surface area contributed by atoms with Crippen molar-refractivity contribution < 1.29 is 13.6 Å². The molecule has 2 rings (SSSR count). The summed E-state index contributed by atoms with van der Waals surface area (Å²) in [5.74, 6) is -2.60. The monoisotopic (exact) mass is 260 g/mol. The lowest BCUT2D eigenvalue weighted by atomic mass is 10.0. The fourth-order valence-electron chi connectivity index (χ4n) is 1.95. The Morgan fingerprint density at radius 3 is 2.37 bits per heavy atom. The fourth-order valence-corrected chi connectivity index (χ4v) is 1.95. The Morgan fingerprint density at radius 2 is 1.74 bits per heavy atom. The van der Waals surface area contributed by atoms with E-state index in [1.165, 1.54) is 12.1 Å². The minimum atomic E-state index is -1.09. The lowest BCUT2D eigenvalue weighted by molar-refractivity contribution is 0.103. The molecule has 3 heteroatoms. The molecule has 0 saturated heterocycles. The minimum absolute atomic E-state index is 0.233. The van der Waals surface area contributed by atoms with Gasteiger partial charge >= 0.3 is 0 Å². The zero-order valence-corrected chi connectivity index (χ0v) is 10.6. The summed E-state index contributed by atoms with van der Waals surface area (Å²) in [6, 6.07) is 10.6. The minimum Gasteiger partial charge on any atom is -0.288 e. The van der Waals surface area contributed by atoms with Crippen LogP contribution in [0.25, 0.3) is 0 Å². The molecule has 0 spiro atoms. The lowest BCUT2D eigenvalue weighted by Crippen LogP contribution is -2.05. The second-order valence-electron chi connectivity index (χ2n) is 4.38. The topological polar surface area (TPSA) is 17.1 Å². The van der Waals surface area contributed by atoms with E-state index < -0.39 is 17.4 Å². The maximum absolute atomic E-state index is 13.5. The van der Waals surface area contributed by atoms with Gasteiger partial charge in [0.25, 0.3) is 0 Å². The van der Waals surface area contributed by atoms with E-state index in [-0.39, 0.29) is 5.56 Å². The van der Waals surface area contributed by atoms with Crippen LogP contribution >= 0.6 is 0 Å². The largest absolute Gasteiger partial charge is 0.288 e. The second-order valence-corrected chi connectivity index (χ2v) is 4.38. The van der Waals surface area contributed by atoms with Gasteiger partial charge < -0.3 is 0 Å². The standard InChI is InChI=1S/C16H14F2O/c1-2-4-11-7-9-12(10-8-11)16(19)13-5-3-6-14(17)15(13)18/h3,5-10H,2,4H2,1H3. The first-order valence-corrected chi connectivity index (χ1v) is 6.21. The smallest absolute Gasteiger partial charge is 0.196 e. The zero-order chi connectivity index (χ0) is 13.8. The molecule has 1 nitrogen and oxygen atoms in total. The van der Waals surface area contributed by atoms with Crippen molar-refractivity contribution in [2.45, 2.75) is 19.8 Å². The van der Waals surface area contributed by atoms with Gasteiger partial charge in [0, 0.05) is 5.56 Å². The third-order valence-corrected chi connectivity index (χ3v) is 2.95. The lowest BCUT2D eigenvalue weighted by Gasteiger charge is -2.04. The number of carbonyl (C=O) groups excluding carboxylic acids is 1. The van der Waals surface area contributed by atoms with E-state index in [2.05, 4.69) is 6.92 Å².